The van der Waals surface area contributed by atoms with Crippen LogP contribution in [0.4, 0.5) is 13.2 Å². The molecule has 0 aromatic heterocycles. The summed E-state index contributed by atoms with van der Waals surface area (Å²) in [6, 6.07) is 6.52. The minimum atomic E-state index is -4.76. The molecule has 7 heteroatoms. The number of hydrogen-bond acceptors (Lipinski definition) is 2. The number of halogens is 4. The molecule has 1 fully saturated rings. The zero-order valence-corrected chi connectivity index (χ0v) is 12.1. The van der Waals surface area contributed by atoms with Crippen LogP contribution in [-0.2, 0) is 4.79 Å². The lowest BCUT2D eigenvalue weighted by Gasteiger charge is -2.29. The Bertz CT molecular complexity index is 549. The van der Waals surface area contributed by atoms with Crippen LogP contribution in [0.15, 0.2) is 24.3 Å². The van der Waals surface area contributed by atoms with E-state index in [0.29, 0.717) is 5.02 Å². The van der Waals surface area contributed by atoms with E-state index in [1.54, 1.807) is 31.2 Å². The molecule has 1 aromatic carbocycles. The monoisotopic (exact) mass is 321 g/mol. The van der Waals surface area contributed by atoms with Crippen LogP contribution in [-0.4, -0.2) is 35.2 Å². The van der Waals surface area contributed by atoms with Gasteiger partial charge in [-0.3, -0.25) is 9.69 Å². The van der Waals surface area contributed by atoms with Crippen LogP contribution in [0.2, 0.25) is 5.02 Å². The van der Waals surface area contributed by atoms with Crippen molar-refractivity contribution in [3.8, 4) is 0 Å². The number of nitrogens with zero attached hydrogens (tertiary/aromatic N) is 1. The number of rotatable bonds is 3. The standard InChI is InChI=1S/C14H15ClF3NO2/c1-9(10-3-2-4-11(15)7-10)19-6-5-13(8-19,12(20)21)14(16,17)18/h2-4,7,9H,5-6,8H2,1H3,(H,20,21). The Morgan fingerprint density at radius 3 is 2.62 bits per heavy atom. The molecule has 0 aliphatic carbocycles. The van der Waals surface area contributed by atoms with Crippen molar-refractivity contribution < 1.29 is 23.1 Å². The lowest BCUT2D eigenvalue weighted by Crippen LogP contribution is -2.47. The van der Waals surface area contributed by atoms with Gasteiger partial charge in [0.05, 0.1) is 0 Å². The SMILES string of the molecule is CC(c1cccc(Cl)c1)N1CCC(C(=O)O)(C(F)(F)F)C1. The Kier molecular flexibility index (Phi) is 4.22. The van der Waals surface area contributed by atoms with Crippen LogP contribution >= 0.6 is 11.6 Å². The molecule has 0 bridgehead atoms. The average molecular weight is 322 g/mol. The fourth-order valence-electron chi connectivity index (χ4n) is 2.67. The summed E-state index contributed by atoms with van der Waals surface area (Å²) < 4.78 is 39.4. The zero-order valence-electron chi connectivity index (χ0n) is 11.3. The van der Waals surface area contributed by atoms with Crippen molar-refractivity contribution in [3.05, 3.63) is 34.9 Å². The highest BCUT2D eigenvalue weighted by atomic mass is 35.5. The van der Waals surface area contributed by atoms with Crippen LogP contribution in [0.25, 0.3) is 0 Å². The Labute approximate surface area is 125 Å². The molecule has 2 unspecified atom stereocenters. The molecular formula is C14H15ClF3NO2. The summed E-state index contributed by atoms with van der Waals surface area (Å²) in [5, 5.41) is 9.54. The number of benzene rings is 1. The molecule has 1 saturated heterocycles. The van der Waals surface area contributed by atoms with E-state index >= 15 is 0 Å². The van der Waals surface area contributed by atoms with Crippen molar-refractivity contribution in [1.29, 1.82) is 0 Å². The fraction of sp³-hybridized carbons (Fsp3) is 0.500. The van der Waals surface area contributed by atoms with Gasteiger partial charge in [-0.25, -0.2) is 0 Å². The van der Waals surface area contributed by atoms with E-state index in [2.05, 4.69) is 0 Å². The highest BCUT2D eigenvalue weighted by Gasteiger charge is 2.63. The normalized spacial score (nSPS) is 25.0. The van der Waals surface area contributed by atoms with E-state index in [0.717, 1.165) is 5.56 Å². The number of carboxylic acid groups (broad SMARTS) is 1. The van der Waals surface area contributed by atoms with Gasteiger partial charge in [0, 0.05) is 24.2 Å². The molecule has 2 atom stereocenters. The first-order valence-electron chi connectivity index (χ1n) is 6.47. The average Bonchev–Trinajstić information content (AvgIpc) is 2.83. The zero-order chi connectivity index (χ0) is 15.8. The van der Waals surface area contributed by atoms with Crippen molar-refractivity contribution in [2.24, 2.45) is 5.41 Å². The van der Waals surface area contributed by atoms with Crippen LogP contribution in [0, 0.1) is 5.41 Å². The topological polar surface area (TPSA) is 40.5 Å². The lowest BCUT2D eigenvalue weighted by atomic mass is 9.86. The Hall–Kier alpha value is -1.27. The highest BCUT2D eigenvalue weighted by molar-refractivity contribution is 6.30. The molecule has 21 heavy (non-hydrogen) atoms. The van der Waals surface area contributed by atoms with Crippen molar-refractivity contribution in [1.82, 2.24) is 4.90 Å². The van der Waals surface area contributed by atoms with Crippen LogP contribution in [0.3, 0.4) is 0 Å². The first-order valence-corrected chi connectivity index (χ1v) is 6.85. The van der Waals surface area contributed by atoms with Crippen molar-refractivity contribution >= 4 is 17.6 Å². The second kappa shape index (κ2) is 5.50. The van der Waals surface area contributed by atoms with Gasteiger partial charge in [-0.05, 0) is 31.0 Å². The second-order valence-electron chi connectivity index (χ2n) is 5.34. The Balaban J connectivity index is 2.23. The van der Waals surface area contributed by atoms with Crippen molar-refractivity contribution in [3.63, 3.8) is 0 Å². The molecule has 1 aromatic rings. The maximum atomic E-state index is 13.1. The maximum Gasteiger partial charge on any atom is 0.406 e. The molecule has 3 nitrogen and oxygen atoms in total. The van der Waals surface area contributed by atoms with Gasteiger partial charge in [0.25, 0.3) is 0 Å². The molecule has 116 valence electrons. The van der Waals surface area contributed by atoms with Gasteiger partial charge >= 0.3 is 12.1 Å². The third-order valence-corrected chi connectivity index (χ3v) is 4.36. The summed E-state index contributed by atoms with van der Waals surface area (Å²) in [6.07, 6.45) is -5.20. The number of carboxylic acids is 1. The highest BCUT2D eigenvalue weighted by Crippen LogP contribution is 2.47. The molecule has 1 N–H and O–H groups in total. The molecule has 0 radical (unpaired) electrons. The minimum Gasteiger partial charge on any atom is -0.481 e. The van der Waals surface area contributed by atoms with Gasteiger partial charge in [-0.15, -0.1) is 0 Å². The van der Waals surface area contributed by atoms with E-state index in [1.807, 2.05) is 0 Å². The quantitative estimate of drug-likeness (QED) is 0.922. The summed E-state index contributed by atoms with van der Waals surface area (Å²) in [5.41, 5.74) is -1.91. The van der Waals surface area contributed by atoms with Crippen molar-refractivity contribution in [2.75, 3.05) is 13.1 Å². The van der Waals surface area contributed by atoms with Gasteiger partial charge in [0.15, 0.2) is 5.41 Å². The van der Waals surface area contributed by atoms with E-state index in [-0.39, 0.29) is 12.6 Å². The van der Waals surface area contributed by atoms with E-state index < -0.39 is 30.5 Å². The van der Waals surface area contributed by atoms with E-state index in [4.69, 9.17) is 16.7 Å². The lowest BCUT2D eigenvalue weighted by molar-refractivity contribution is -0.227. The molecule has 1 aliphatic rings. The number of aliphatic carboxylic acids is 1. The molecule has 2 rings (SSSR count). The largest absolute Gasteiger partial charge is 0.481 e. The van der Waals surface area contributed by atoms with Gasteiger partial charge in [-0.2, -0.15) is 13.2 Å². The summed E-state index contributed by atoms with van der Waals surface area (Å²) in [6.45, 7) is 1.29. The summed E-state index contributed by atoms with van der Waals surface area (Å²) in [7, 11) is 0. The first-order chi connectivity index (χ1) is 9.67. The van der Waals surface area contributed by atoms with E-state index in [1.165, 1.54) is 4.90 Å². The molecular weight excluding hydrogens is 307 g/mol. The van der Waals surface area contributed by atoms with Gasteiger partial charge < -0.3 is 5.11 Å². The molecule has 0 saturated carbocycles. The number of carbonyl (C=O) groups is 1. The second-order valence-corrected chi connectivity index (χ2v) is 5.77. The molecule has 0 amide bonds. The summed E-state index contributed by atoms with van der Waals surface area (Å²) in [4.78, 5) is 12.7. The smallest absolute Gasteiger partial charge is 0.406 e. The fourth-order valence-corrected chi connectivity index (χ4v) is 2.87. The Morgan fingerprint density at radius 2 is 2.14 bits per heavy atom. The minimum absolute atomic E-state index is 0.0828. The van der Waals surface area contributed by atoms with Gasteiger partial charge in [0.1, 0.15) is 0 Å². The number of hydrogen-bond donors (Lipinski definition) is 1. The van der Waals surface area contributed by atoms with Crippen LogP contribution in [0.1, 0.15) is 24.9 Å². The molecule has 1 aliphatic heterocycles. The predicted molar refractivity (Wildman–Crippen MR) is 72.2 cm³/mol. The number of likely N-dealkylation sites (tertiary alicyclic amines) is 1. The first kappa shape index (κ1) is 16.1. The van der Waals surface area contributed by atoms with Crippen LogP contribution < -0.4 is 0 Å². The molecule has 0 spiro atoms. The summed E-state index contributed by atoms with van der Waals surface area (Å²) >= 11 is 5.88. The van der Waals surface area contributed by atoms with Gasteiger partial charge in [-0.1, -0.05) is 23.7 Å². The third-order valence-electron chi connectivity index (χ3n) is 4.13. The van der Waals surface area contributed by atoms with Gasteiger partial charge in [0.2, 0.25) is 0 Å². The van der Waals surface area contributed by atoms with Crippen molar-refractivity contribution in [2.45, 2.75) is 25.6 Å². The predicted octanol–water partition coefficient (Wildman–Crippen LogP) is 3.74. The third kappa shape index (κ3) is 2.87. The Morgan fingerprint density at radius 1 is 1.48 bits per heavy atom. The van der Waals surface area contributed by atoms with E-state index in [9.17, 15) is 18.0 Å². The maximum absolute atomic E-state index is 13.1. The molecule has 1 heterocycles. The van der Waals surface area contributed by atoms with Crippen LogP contribution in [0.5, 0.6) is 0 Å². The number of alkyl halides is 3. The summed E-state index contributed by atoms with van der Waals surface area (Å²) in [5.74, 6) is -1.81.